The minimum atomic E-state index is -0.0547. The van der Waals surface area contributed by atoms with E-state index < -0.39 is 0 Å². The Hall–Kier alpha value is -2.66. The highest BCUT2D eigenvalue weighted by Gasteiger charge is 2.34. The monoisotopic (exact) mass is 391 g/mol. The first kappa shape index (κ1) is 19.6. The van der Waals surface area contributed by atoms with E-state index in [-0.39, 0.29) is 11.9 Å². The van der Waals surface area contributed by atoms with Crippen molar-refractivity contribution in [3.8, 4) is 5.75 Å². The number of carbonyl (C=O) groups is 1. The van der Waals surface area contributed by atoms with Gasteiger partial charge < -0.3 is 4.74 Å². The summed E-state index contributed by atoms with van der Waals surface area (Å²) in [5, 5.41) is 6.51. The number of ether oxygens (including phenoxy) is 1. The lowest BCUT2D eigenvalue weighted by Crippen LogP contribution is -2.44. The fraction of sp³-hybridized carbons (Fsp3) is 0.417. The lowest BCUT2D eigenvalue weighted by molar-refractivity contribution is -0.135. The third-order valence-electron chi connectivity index (χ3n) is 6.05. The van der Waals surface area contributed by atoms with Gasteiger partial charge in [-0.25, -0.2) is 5.01 Å². The van der Waals surface area contributed by atoms with Gasteiger partial charge in [0.15, 0.2) is 0 Å². The summed E-state index contributed by atoms with van der Waals surface area (Å²) in [4.78, 5) is 15.6. The third-order valence-corrected chi connectivity index (χ3v) is 6.05. The molecule has 2 atom stereocenters. The minimum Gasteiger partial charge on any atom is -0.497 e. The molecular formula is C24H29N3O2. The number of methoxy groups -OCH3 is 1. The molecule has 29 heavy (non-hydrogen) atoms. The van der Waals surface area contributed by atoms with Crippen molar-refractivity contribution in [2.45, 2.75) is 44.7 Å². The third kappa shape index (κ3) is 4.35. The van der Waals surface area contributed by atoms with Crippen molar-refractivity contribution in [1.29, 1.82) is 0 Å². The molecule has 1 saturated heterocycles. The molecule has 0 aromatic heterocycles. The predicted octanol–water partition coefficient (Wildman–Crippen LogP) is 4.25. The van der Waals surface area contributed by atoms with Crippen LogP contribution in [0.1, 0.15) is 49.8 Å². The molecule has 5 heteroatoms. The lowest BCUT2D eigenvalue weighted by Gasteiger charge is -2.34. The van der Waals surface area contributed by atoms with Crippen molar-refractivity contribution in [1.82, 2.24) is 9.91 Å². The van der Waals surface area contributed by atoms with Crippen LogP contribution < -0.4 is 4.74 Å². The summed E-state index contributed by atoms with van der Waals surface area (Å²) in [5.41, 5.74) is 3.11. The molecule has 2 aliphatic rings. The Labute approximate surface area is 173 Å². The number of amides is 1. The second kappa shape index (κ2) is 8.78. The summed E-state index contributed by atoms with van der Waals surface area (Å²) >= 11 is 0. The second-order valence-corrected chi connectivity index (χ2v) is 7.96. The number of likely N-dealkylation sites (tertiary alicyclic amines) is 1. The first-order valence-electron chi connectivity index (χ1n) is 10.5. The molecule has 2 aromatic carbocycles. The summed E-state index contributed by atoms with van der Waals surface area (Å²) in [6, 6.07) is 18.5. The van der Waals surface area contributed by atoms with Crippen molar-refractivity contribution in [3.05, 3.63) is 65.7 Å². The molecule has 1 amide bonds. The van der Waals surface area contributed by atoms with Crippen LogP contribution in [0.25, 0.3) is 0 Å². The number of carbonyl (C=O) groups excluding carboxylic acids is 1. The Kier molecular flexibility index (Phi) is 5.95. The van der Waals surface area contributed by atoms with Crippen LogP contribution >= 0.6 is 0 Å². The van der Waals surface area contributed by atoms with Crippen molar-refractivity contribution in [2.75, 3.05) is 20.2 Å². The van der Waals surface area contributed by atoms with Gasteiger partial charge in [-0.2, -0.15) is 5.10 Å². The Morgan fingerprint density at radius 1 is 1.10 bits per heavy atom. The molecule has 2 aliphatic heterocycles. The second-order valence-electron chi connectivity index (χ2n) is 7.96. The number of hydrogen-bond donors (Lipinski definition) is 0. The number of piperidine rings is 1. The minimum absolute atomic E-state index is 0.0547. The van der Waals surface area contributed by atoms with Gasteiger partial charge in [-0.15, -0.1) is 0 Å². The van der Waals surface area contributed by atoms with Crippen molar-refractivity contribution < 1.29 is 9.53 Å². The van der Waals surface area contributed by atoms with E-state index in [1.807, 2.05) is 42.5 Å². The van der Waals surface area contributed by atoms with Crippen LogP contribution in [0.3, 0.4) is 0 Å². The van der Waals surface area contributed by atoms with E-state index in [0.29, 0.717) is 12.6 Å². The van der Waals surface area contributed by atoms with Crippen LogP contribution in [0.2, 0.25) is 0 Å². The maximum absolute atomic E-state index is 13.3. The van der Waals surface area contributed by atoms with E-state index in [1.165, 1.54) is 12.8 Å². The molecule has 2 heterocycles. The molecule has 5 nitrogen and oxygen atoms in total. The number of hydrazone groups is 1. The summed E-state index contributed by atoms with van der Waals surface area (Å²) < 4.78 is 5.27. The molecule has 0 saturated carbocycles. The molecule has 1 fully saturated rings. The van der Waals surface area contributed by atoms with Crippen LogP contribution in [-0.4, -0.2) is 47.8 Å². The van der Waals surface area contributed by atoms with Crippen molar-refractivity contribution in [2.24, 2.45) is 5.10 Å². The van der Waals surface area contributed by atoms with Crippen LogP contribution in [0.4, 0.5) is 0 Å². The average molecular weight is 392 g/mol. The quantitative estimate of drug-likeness (QED) is 0.766. The Morgan fingerprint density at radius 3 is 2.55 bits per heavy atom. The van der Waals surface area contributed by atoms with E-state index in [9.17, 15) is 4.79 Å². The van der Waals surface area contributed by atoms with Crippen LogP contribution in [0.5, 0.6) is 5.75 Å². The van der Waals surface area contributed by atoms with Crippen LogP contribution in [0.15, 0.2) is 59.7 Å². The first-order chi connectivity index (χ1) is 14.2. The molecule has 0 radical (unpaired) electrons. The fourth-order valence-corrected chi connectivity index (χ4v) is 4.27. The van der Waals surface area contributed by atoms with E-state index in [1.54, 1.807) is 12.1 Å². The summed E-state index contributed by atoms with van der Waals surface area (Å²) in [6.45, 7) is 3.65. The average Bonchev–Trinajstić information content (AvgIpc) is 3.22. The van der Waals surface area contributed by atoms with Gasteiger partial charge in [-0.1, -0.05) is 36.8 Å². The zero-order valence-electron chi connectivity index (χ0n) is 17.3. The first-order valence-corrected chi connectivity index (χ1v) is 10.5. The number of rotatable bonds is 5. The molecule has 0 aliphatic carbocycles. The SMILES string of the molecule is COc1ccc(C2=NN(C(=O)CN3CCCCC3C)C(c3ccccc3)C2)cc1. The number of nitrogens with zero attached hydrogens (tertiary/aromatic N) is 3. The molecule has 2 aromatic rings. The molecule has 0 bridgehead atoms. The highest BCUT2D eigenvalue weighted by molar-refractivity contribution is 6.03. The molecule has 152 valence electrons. The van der Waals surface area contributed by atoms with E-state index in [4.69, 9.17) is 9.84 Å². The van der Waals surface area contributed by atoms with Gasteiger partial charge in [-0.3, -0.25) is 9.69 Å². The van der Waals surface area contributed by atoms with Gasteiger partial charge in [0.1, 0.15) is 5.75 Å². The fourth-order valence-electron chi connectivity index (χ4n) is 4.27. The topological polar surface area (TPSA) is 45.1 Å². The van der Waals surface area contributed by atoms with Gasteiger partial charge in [0.2, 0.25) is 0 Å². The summed E-state index contributed by atoms with van der Waals surface area (Å²) in [6.07, 6.45) is 4.30. The maximum Gasteiger partial charge on any atom is 0.257 e. The van der Waals surface area contributed by atoms with E-state index in [2.05, 4.69) is 24.0 Å². The van der Waals surface area contributed by atoms with Gasteiger partial charge in [-0.05, 0) is 61.7 Å². The van der Waals surface area contributed by atoms with Crippen molar-refractivity contribution >= 4 is 11.6 Å². The normalized spacial score (nSPS) is 22.4. The summed E-state index contributed by atoms with van der Waals surface area (Å²) in [7, 11) is 1.66. The van der Waals surface area contributed by atoms with Gasteiger partial charge >= 0.3 is 0 Å². The van der Waals surface area contributed by atoms with E-state index >= 15 is 0 Å². The Bertz CT molecular complexity index is 863. The molecule has 0 spiro atoms. The van der Waals surface area contributed by atoms with Gasteiger partial charge in [0.05, 0.1) is 25.4 Å². The summed E-state index contributed by atoms with van der Waals surface area (Å²) in [5.74, 6) is 0.898. The zero-order chi connectivity index (χ0) is 20.2. The van der Waals surface area contributed by atoms with Crippen LogP contribution in [-0.2, 0) is 4.79 Å². The van der Waals surface area contributed by atoms with Crippen molar-refractivity contribution in [3.63, 3.8) is 0 Å². The molecule has 0 N–H and O–H groups in total. The Morgan fingerprint density at radius 2 is 1.86 bits per heavy atom. The van der Waals surface area contributed by atoms with E-state index in [0.717, 1.165) is 42.0 Å². The molecular weight excluding hydrogens is 362 g/mol. The van der Waals surface area contributed by atoms with Gasteiger partial charge in [0.25, 0.3) is 5.91 Å². The Balaban J connectivity index is 1.58. The maximum atomic E-state index is 13.3. The highest BCUT2D eigenvalue weighted by Crippen LogP contribution is 2.33. The smallest absolute Gasteiger partial charge is 0.257 e. The predicted molar refractivity (Wildman–Crippen MR) is 115 cm³/mol. The van der Waals surface area contributed by atoms with Crippen LogP contribution in [0, 0.1) is 0 Å². The lowest BCUT2D eigenvalue weighted by atomic mass is 9.98. The molecule has 2 unspecified atom stereocenters. The number of hydrogen-bond acceptors (Lipinski definition) is 4. The zero-order valence-corrected chi connectivity index (χ0v) is 17.3. The standard InChI is InChI=1S/C24H29N3O2/c1-18-8-6-7-15-26(18)17-24(28)27-23(20-9-4-3-5-10-20)16-22(25-27)19-11-13-21(29-2)14-12-19/h3-5,9-14,18,23H,6-8,15-17H2,1-2H3. The number of benzene rings is 2. The molecule has 4 rings (SSSR count). The largest absolute Gasteiger partial charge is 0.497 e. The highest BCUT2D eigenvalue weighted by atomic mass is 16.5. The van der Waals surface area contributed by atoms with Gasteiger partial charge in [0, 0.05) is 12.5 Å².